The third-order valence-corrected chi connectivity index (χ3v) is 5.43. The molecular formula is C18H20ClN3O3. The summed E-state index contributed by atoms with van der Waals surface area (Å²) in [6.45, 7) is 4.23. The third kappa shape index (κ3) is 3.02. The van der Waals surface area contributed by atoms with Crippen LogP contribution < -0.4 is 0 Å². The molecule has 2 aromatic rings. The van der Waals surface area contributed by atoms with E-state index in [1.165, 1.54) is 0 Å². The van der Waals surface area contributed by atoms with Crippen LogP contribution in [0.1, 0.15) is 33.2 Å². The second kappa shape index (κ2) is 6.52. The van der Waals surface area contributed by atoms with Crippen LogP contribution in [0.4, 0.5) is 0 Å². The fraction of sp³-hybridized carbons (Fsp3) is 0.389. The van der Waals surface area contributed by atoms with Crippen LogP contribution >= 0.6 is 11.6 Å². The number of halogens is 1. The molecule has 3 rings (SSSR count). The number of likely N-dealkylation sites (tertiary alicyclic amines) is 1. The molecule has 0 aliphatic carbocycles. The molecule has 1 aliphatic rings. The fourth-order valence-corrected chi connectivity index (χ4v) is 3.65. The summed E-state index contributed by atoms with van der Waals surface area (Å²) in [6, 6.07) is 7.70. The van der Waals surface area contributed by atoms with Crippen molar-refractivity contribution in [3.63, 3.8) is 0 Å². The van der Waals surface area contributed by atoms with Crippen LogP contribution in [0.25, 0.3) is 0 Å². The van der Waals surface area contributed by atoms with E-state index in [0.717, 1.165) is 11.1 Å². The molecule has 132 valence electrons. The molecule has 6 nitrogen and oxygen atoms in total. The molecule has 7 heteroatoms. The van der Waals surface area contributed by atoms with Crippen molar-refractivity contribution < 1.29 is 14.7 Å². The number of benzene rings is 1. The molecule has 1 saturated heterocycles. The first-order valence-corrected chi connectivity index (χ1v) is 8.45. The number of rotatable bonds is 3. The quantitative estimate of drug-likeness (QED) is 0.911. The number of carbonyl (C=O) groups excluding carboxylic acids is 1. The van der Waals surface area contributed by atoms with Gasteiger partial charge in [0.2, 0.25) is 0 Å². The van der Waals surface area contributed by atoms with Crippen molar-refractivity contribution >= 4 is 23.5 Å². The first kappa shape index (κ1) is 17.5. The number of aromatic nitrogens is 2. The zero-order valence-corrected chi connectivity index (χ0v) is 15.1. The van der Waals surface area contributed by atoms with E-state index in [1.54, 1.807) is 23.6 Å². The highest BCUT2D eigenvalue weighted by atomic mass is 35.5. The highest BCUT2D eigenvalue weighted by Gasteiger charge is 2.42. The predicted molar refractivity (Wildman–Crippen MR) is 93.9 cm³/mol. The van der Waals surface area contributed by atoms with Crippen LogP contribution in [0, 0.1) is 19.8 Å². The fourth-order valence-electron chi connectivity index (χ4n) is 3.41. The van der Waals surface area contributed by atoms with Gasteiger partial charge in [-0.1, -0.05) is 35.9 Å². The van der Waals surface area contributed by atoms with Crippen molar-refractivity contribution in [2.45, 2.75) is 19.8 Å². The van der Waals surface area contributed by atoms with Crippen molar-refractivity contribution in [1.29, 1.82) is 0 Å². The van der Waals surface area contributed by atoms with Crippen molar-refractivity contribution in [3.05, 3.63) is 51.8 Å². The average molecular weight is 362 g/mol. The second-order valence-electron chi connectivity index (χ2n) is 6.49. The van der Waals surface area contributed by atoms with Crippen LogP contribution in [-0.4, -0.2) is 44.8 Å². The Morgan fingerprint density at radius 2 is 1.92 bits per heavy atom. The lowest BCUT2D eigenvalue weighted by Gasteiger charge is -2.17. The molecule has 1 fully saturated rings. The van der Waals surface area contributed by atoms with Gasteiger partial charge in [-0.3, -0.25) is 14.3 Å². The number of carboxylic acid groups (broad SMARTS) is 1. The maximum Gasteiger partial charge on any atom is 0.308 e. The number of hydrogen-bond donors (Lipinski definition) is 1. The predicted octanol–water partition coefficient (Wildman–Crippen LogP) is 2.63. The summed E-state index contributed by atoms with van der Waals surface area (Å²) in [5.41, 5.74) is 2.87. The lowest BCUT2D eigenvalue weighted by molar-refractivity contribution is -0.141. The first-order chi connectivity index (χ1) is 11.8. The Bertz CT molecular complexity index is 846. The molecule has 1 aliphatic heterocycles. The lowest BCUT2D eigenvalue weighted by atomic mass is 9.86. The molecular weight excluding hydrogens is 342 g/mol. The van der Waals surface area contributed by atoms with Gasteiger partial charge in [-0.25, -0.2) is 0 Å². The first-order valence-electron chi connectivity index (χ1n) is 8.08. The molecule has 1 N–H and O–H groups in total. The van der Waals surface area contributed by atoms with Crippen molar-refractivity contribution in [2.24, 2.45) is 13.0 Å². The van der Waals surface area contributed by atoms with Gasteiger partial charge in [-0.2, -0.15) is 5.10 Å². The highest BCUT2D eigenvalue weighted by molar-refractivity contribution is 6.34. The van der Waals surface area contributed by atoms with Gasteiger partial charge in [0.05, 0.1) is 16.6 Å². The number of hydrogen-bond acceptors (Lipinski definition) is 3. The molecule has 0 bridgehead atoms. The van der Waals surface area contributed by atoms with Crippen molar-refractivity contribution in [1.82, 2.24) is 14.7 Å². The van der Waals surface area contributed by atoms with Crippen LogP contribution in [0.3, 0.4) is 0 Å². The minimum atomic E-state index is -0.896. The lowest BCUT2D eigenvalue weighted by Crippen LogP contribution is -2.30. The number of amides is 1. The summed E-state index contributed by atoms with van der Waals surface area (Å²) in [7, 11) is 1.72. The van der Waals surface area contributed by atoms with E-state index in [2.05, 4.69) is 5.10 Å². The average Bonchev–Trinajstić information content (AvgIpc) is 3.12. The van der Waals surface area contributed by atoms with Gasteiger partial charge < -0.3 is 10.0 Å². The summed E-state index contributed by atoms with van der Waals surface area (Å²) in [6.07, 6.45) is 0. The van der Waals surface area contributed by atoms with E-state index < -0.39 is 11.9 Å². The smallest absolute Gasteiger partial charge is 0.308 e. The summed E-state index contributed by atoms with van der Waals surface area (Å²) in [5, 5.41) is 14.1. The van der Waals surface area contributed by atoms with Gasteiger partial charge in [-0.05, 0) is 25.0 Å². The number of aliphatic carboxylic acids is 1. The molecule has 1 aromatic heterocycles. The number of nitrogens with zero attached hydrogens (tertiary/aromatic N) is 3. The number of carbonyl (C=O) groups is 2. The maximum atomic E-state index is 12.8. The van der Waals surface area contributed by atoms with E-state index >= 15 is 0 Å². The third-order valence-electron chi connectivity index (χ3n) is 4.98. The molecule has 0 radical (unpaired) electrons. The molecule has 0 spiro atoms. The monoisotopic (exact) mass is 361 g/mol. The Labute approximate surface area is 151 Å². The molecule has 2 heterocycles. The van der Waals surface area contributed by atoms with Crippen molar-refractivity contribution in [2.75, 3.05) is 13.1 Å². The van der Waals surface area contributed by atoms with Gasteiger partial charge in [0.15, 0.2) is 5.69 Å². The molecule has 1 aromatic carbocycles. The molecule has 1 amide bonds. The molecule has 2 atom stereocenters. The van der Waals surface area contributed by atoms with Crippen molar-refractivity contribution in [3.8, 4) is 0 Å². The molecule has 25 heavy (non-hydrogen) atoms. The van der Waals surface area contributed by atoms with Crippen LogP contribution in [-0.2, 0) is 11.8 Å². The van der Waals surface area contributed by atoms with Crippen LogP contribution in [0.15, 0.2) is 24.3 Å². The Kier molecular flexibility index (Phi) is 4.56. The number of aryl methyl sites for hydroxylation is 2. The standard InChI is InChI=1S/C18H20ClN3O3/c1-10-6-4-5-7-12(10)13-8-22(9-14(13)18(24)25)17(23)16-15(19)11(2)21(3)20-16/h4-7,13-14H,8-9H2,1-3H3,(H,24,25)/t13-,14+/m1/s1. The van der Waals surface area contributed by atoms with Gasteiger partial charge >= 0.3 is 5.97 Å². The van der Waals surface area contributed by atoms with E-state index in [9.17, 15) is 14.7 Å². The normalized spacial score (nSPS) is 20.1. The van der Waals surface area contributed by atoms with Crippen LogP contribution in [0.2, 0.25) is 5.02 Å². The van der Waals surface area contributed by atoms with Gasteiger partial charge in [0.25, 0.3) is 5.91 Å². The van der Waals surface area contributed by atoms with Gasteiger partial charge in [0.1, 0.15) is 0 Å². The largest absolute Gasteiger partial charge is 0.481 e. The summed E-state index contributed by atoms with van der Waals surface area (Å²) >= 11 is 6.22. The Balaban J connectivity index is 1.92. The second-order valence-corrected chi connectivity index (χ2v) is 6.87. The van der Waals surface area contributed by atoms with E-state index in [4.69, 9.17) is 11.6 Å². The zero-order valence-electron chi connectivity index (χ0n) is 14.4. The maximum absolute atomic E-state index is 12.8. The minimum absolute atomic E-state index is 0.152. The summed E-state index contributed by atoms with van der Waals surface area (Å²) in [5.74, 6) is -2.11. The minimum Gasteiger partial charge on any atom is -0.481 e. The van der Waals surface area contributed by atoms with Gasteiger partial charge in [-0.15, -0.1) is 0 Å². The van der Waals surface area contributed by atoms with Gasteiger partial charge in [0, 0.05) is 26.1 Å². The zero-order chi connectivity index (χ0) is 18.3. The SMILES string of the molecule is Cc1ccccc1[C@H]1CN(C(=O)c2nn(C)c(C)c2Cl)C[C@@H]1C(=O)O. The molecule has 0 unspecified atom stereocenters. The Hall–Kier alpha value is -2.34. The van der Waals surface area contributed by atoms with E-state index in [1.807, 2.05) is 31.2 Å². The molecule has 0 saturated carbocycles. The Morgan fingerprint density at radius 3 is 2.48 bits per heavy atom. The van der Waals surface area contributed by atoms with Crippen LogP contribution in [0.5, 0.6) is 0 Å². The topological polar surface area (TPSA) is 75.4 Å². The van der Waals surface area contributed by atoms with E-state index in [0.29, 0.717) is 17.3 Å². The van der Waals surface area contributed by atoms with E-state index in [-0.39, 0.29) is 24.1 Å². The number of carboxylic acids is 1. The summed E-state index contributed by atoms with van der Waals surface area (Å²) < 4.78 is 1.55. The Morgan fingerprint density at radius 1 is 1.24 bits per heavy atom. The summed E-state index contributed by atoms with van der Waals surface area (Å²) in [4.78, 5) is 26.1. The highest BCUT2D eigenvalue weighted by Crippen LogP contribution is 2.35.